The minimum atomic E-state index is -0.458. The molecule has 2 aromatic carbocycles. The molecule has 1 fully saturated rings. The molecule has 0 unspecified atom stereocenters. The Balaban J connectivity index is 1.64. The molecule has 0 amide bonds. The first-order valence-corrected chi connectivity index (χ1v) is 8.58. The summed E-state index contributed by atoms with van der Waals surface area (Å²) >= 11 is 5.75. The molecule has 0 atom stereocenters. The predicted molar refractivity (Wildman–Crippen MR) is 97.9 cm³/mol. The molecule has 3 nitrogen and oxygen atoms in total. The predicted octanol–water partition coefficient (Wildman–Crippen LogP) is 4.36. The van der Waals surface area contributed by atoms with Crippen molar-refractivity contribution in [1.29, 1.82) is 0 Å². The lowest BCUT2D eigenvalue weighted by Crippen LogP contribution is -2.41. The maximum Gasteiger partial charge on any atom is 0.494 e. The minimum absolute atomic E-state index is 0.0496. The minimum Gasteiger partial charge on any atom is -0.489 e. The fraction of sp³-hybridized carbons (Fsp3) is 0.368. The highest BCUT2D eigenvalue weighted by Crippen LogP contribution is 2.36. The van der Waals surface area contributed by atoms with Crippen LogP contribution in [0.4, 0.5) is 4.39 Å². The zero-order valence-electron chi connectivity index (χ0n) is 14.8. The Hall–Kier alpha value is -1.56. The van der Waals surface area contributed by atoms with Crippen molar-refractivity contribution in [2.75, 3.05) is 0 Å². The van der Waals surface area contributed by atoms with Crippen LogP contribution in [0.5, 0.6) is 5.75 Å². The average molecular weight is 363 g/mol. The molecule has 2 aromatic rings. The Bertz CT molecular complexity index is 746. The van der Waals surface area contributed by atoms with Crippen LogP contribution in [0.25, 0.3) is 0 Å². The lowest BCUT2D eigenvalue weighted by Gasteiger charge is -2.32. The molecule has 0 N–H and O–H groups in total. The normalized spacial score (nSPS) is 18.4. The second-order valence-corrected chi connectivity index (χ2v) is 7.60. The molecule has 0 aromatic heterocycles. The first-order chi connectivity index (χ1) is 11.7. The molecule has 25 heavy (non-hydrogen) atoms. The Morgan fingerprint density at radius 1 is 1.00 bits per heavy atom. The van der Waals surface area contributed by atoms with Gasteiger partial charge in [0.05, 0.1) is 16.2 Å². The van der Waals surface area contributed by atoms with Crippen molar-refractivity contribution in [3.05, 3.63) is 58.9 Å². The Kier molecular flexibility index (Phi) is 4.84. The van der Waals surface area contributed by atoms with E-state index >= 15 is 0 Å². The Labute approximate surface area is 153 Å². The molecule has 132 valence electrons. The molecule has 1 saturated heterocycles. The highest BCUT2D eigenvalue weighted by molar-refractivity contribution is 6.62. The summed E-state index contributed by atoms with van der Waals surface area (Å²) in [5, 5.41) is 0.0496. The average Bonchev–Trinajstić information content (AvgIpc) is 2.77. The fourth-order valence-electron chi connectivity index (χ4n) is 2.48. The van der Waals surface area contributed by atoms with E-state index in [1.165, 1.54) is 12.1 Å². The highest BCUT2D eigenvalue weighted by atomic mass is 35.5. The molecule has 1 heterocycles. The standard InChI is InChI=1S/C19H21BClFO3/c1-18(2)19(3,4)25-20(24-18)14-7-5-13(6-8-14)12-23-15-9-10-17(22)16(21)11-15/h5-11H,12H2,1-4H3. The number of halogens is 2. The molecule has 1 aliphatic rings. The second-order valence-electron chi connectivity index (χ2n) is 7.19. The summed E-state index contributed by atoms with van der Waals surface area (Å²) < 4.78 is 30.9. The smallest absolute Gasteiger partial charge is 0.489 e. The van der Waals surface area contributed by atoms with Crippen LogP contribution in [-0.4, -0.2) is 18.3 Å². The van der Waals surface area contributed by atoms with Gasteiger partial charge in [-0.05, 0) is 50.9 Å². The molecular formula is C19H21BClFO3. The monoisotopic (exact) mass is 362 g/mol. The van der Waals surface area contributed by atoms with Gasteiger partial charge in [-0.25, -0.2) is 4.39 Å². The molecular weight excluding hydrogens is 341 g/mol. The van der Waals surface area contributed by atoms with Crippen LogP contribution >= 0.6 is 11.6 Å². The largest absolute Gasteiger partial charge is 0.494 e. The van der Waals surface area contributed by atoms with E-state index < -0.39 is 5.82 Å². The van der Waals surface area contributed by atoms with Crippen molar-refractivity contribution in [2.24, 2.45) is 0 Å². The lowest BCUT2D eigenvalue weighted by molar-refractivity contribution is 0.00578. The van der Waals surface area contributed by atoms with Gasteiger partial charge in [0.2, 0.25) is 0 Å². The van der Waals surface area contributed by atoms with Gasteiger partial charge < -0.3 is 14.0 Å². The fourth-order valence-corrected chi connectivity index (χ4v) is 2.65. The summed E-state index contributed by atoms with van der Waals surface area (Å²) in [7, 11) is -0.379. The summed E-state index contributed by atoms with van der Waals surface area (Å²) in [4.78, 5) is 0. The second kappa shape index (κ2) is 6.63. The zero-order valence-corrected chi connectivity index (χ0v) is 15.6. The van der Waals surface area contributed by atoms with E-state index in [-0.39, 0.29) is 23.3 Å². The third kappa shape index (κ3) is 3.84. The van der Waals surface area contributed by atoms with Gasteiger partial charge in [0.25, 0.3) is 0 Å². The van der Waals surface area contributed by atoms with Crippen molar-refractivity contribution in [3.63, 3.8) is 0 Å². The molecule has 0 spiro atoms. The number of hydrogen-bond acceptors (Lipinski definition) is 3. The lowest BCUT2D eigenvalue weighted by atomic mass is 9.79. The van der Waals surface area contributed by atoms with Crippen molar-refractivity contribution in [1.82, 2.24) is 0 Å². The van der Waals surface area contributed by atoms with E-state index in [1.807, 2.05) is 52.0 Å². The molecule has 1 aliphatic heterocycles. The van der Waals surface area contributed by atoms with Crippen molar-refractivity contribution < 1.29 is 18.4 Å². The maximum atomic E-state index is 13.2. The summed E-state index contributed by atoms with van der Waals surface area (Å²) in [6.45, 7) is 8.49. The van der Waals surface area contributed by atoms with Gasteiger partial charge in [0.15, 0.2) is 0 Å². The van der Waals surface area contributed by atoms with Gasteiger partial charge in [0, 0.05) is 6.07 Å². The third-order valence-corrected chi connectivity index (χ3v) is 5.09. The molecule has 0 saturated carbocycles. The van der Waals surface area contributed by atoms with Gasteiger partial charge in [-0.3, -0.25) is 0 Å². The molecule has 0 aliphatic carbocycles. The van der Waals surface area contributed by atoms with Crippen molar-refractivity contribution in [2.45, 2.75) is 45.5 Å². The van der Waals surface area contributed by atoms with E-state index in [1.54, 1.807) is 6.07 Å². The van der Waals surface area contributed by atoms with E-state index in [0.717, 1.165) is 11.0 Å². The summed E-state index contributed by atoms with van der Waals surface area (Å²) in [6, 6.07) is 12.2. The zero-order chi connectivity index (χ0) is 18.2. The number of benzene rings is 2. The quantitative estimate of drug-likeness (QED) is 0.757. The number of rotatable bonds is 4. The first-order valence-electron chi connectivity index (χ1n) is 8.20. The van der Waals surface area contributed by atoms with Crippen molar-refractivity contribution >= 4 is 24.2 Å². The highest BCUT2D eigenvalue weighted by Gasteiger charge is 2.51. The van der Waals surface area contributed by atoms with E-state index in [4.69, 9.17) is 25.6 Å². The van der Waals surface area contributed by atoms with Gasteiger partial charge in [-0.1, -0.05) is 35.9 Å². The van der Waals surface area contributed by atoms with Gasteiger partial charge in [-0.2, -0.15) is 0 Å². The molecule has 0 radical (unpaired) electrons. The Morgan fingerprint density at radius 3 is 2.16 bits per heavy atom. The first kappa shape index (κ1) is 18.2. The van der Waals surface area contributed by atoms with Crippen LogP contribution in [0.3, 0.4) is 0 Å². The molecule has 0 bridgehead atoms. The Morgan fingerprint density at radius 2 is 1.60 bits per heavy atom. The van der Waals surface area contributed by atoms with Crippen LogP contribution in [0, 0.1) is 5.82 Å². The number of ether oxygens (including phenoxy) is 1. The van der Waals surface area contributed by atoms with Crippen LogP contribution in [0.1, 0.15) is 33.3 Å². The van der Waals surface area contributed by atoms with E-state index in [2.05, 4.69) is 0 Å². The van der Waals surface area contributed by atoms with Crippen LogP contribution in [0.15, 0.2) is 42.5 Å². The maximum absolute atomic E-state index is 13.2. The van der Waals surface area contributed by atoms with Gasteiger partial charge in [0.1, 0.15) is 18.2 Å². The molecule has 3 rings (SSSR count). The summed E-state index contributed by atoms with van der Waals surface area (Å²) in [6.07, 6.45) is 0. The van der Waals surface area contributed by atoms with E-state index in [0.29, 0.717) is 12.4 Å². The van der Waals surface area contributed by atoms with Crippen LogP contribution in [-0.2, 0) is 15.9 Å². The third-order valence-electron chi connectivity index (χ3n) is 4.80. The summed E-state index contributed by atoms with van der Waals surface area (Å²) in [5.41, 5.74) is 1.23. The van der Waals surface area contributed by atoms with E-state index in [9.17, 15) is 4.39 Å². The summed E-state index contributed by atoms with van der Waals surface area (Å²) in [5.74, 6) is 0.0715. The van der Waals surface area contributed by atoms with Gasteiger partial charge in [-0.15, -0.1) is 0 Å². The topological polar surface area (TPSA) is 27.7 Å². The SMILES string of the molecule is CC1(C)OB(c2ccc(COc3ccc(F)c(Cl)c3)cc2)OC1(C)C. The van der Waals surface area contributed by atoms with Crippen molar-refractivity contribution in [3.8, 4) is 5.75 Å². The number of hydrogen-bond donors (Lipinski definition) is 0. The van der Waals surface area contributed by atoms with Crippen LogP contribution < -0.4 is 10.2 Å². The van der Waals surface area contributed by atoms with Crippen LogP contribution in [0.2, 0.25) is 5.02 Å². The molecule has 6 heteroatoms. The van der Waals surface area contributed by atoms with Gasteiger partial charge >= 0.3 is 7.12 Å².